The van der Waals surface area contributed by atoms with E-state index in [1.165, 1.54) is 50.7 Å². The minimum atomic E-state index is 0.856. The molecule has 1 aromatic carbocycles. The summed E-state index contributed by atoms with van der Waals surface area (Å²) in [6, 6.07) is 10.1. The Morgan fingerprint density at radius 2 is 1.78 bits per heavy atom. The molecular formula is C16H24OS. The van der Waals surface area contributed by atoms with Gasteiger partial charge in [0.15, 0.2) is 0 Å². The summed E-state index contributed by atoms with van der Waals surface area (Å²) < 4.78 is 5.69. The highest BCUT2D eigenvalue weighted by Gasteiger charge is 2.12. The van der Waals surface area contributed by atoms with Crippen LogP contribution < -0.4 is 4.74 Å². The summed E-state index contributed by atoms with van der Waals surface area (Å²) in [6.45, 7) is 0.856. The Hall–Kier alpha value is -0.630. The number of benzene rings is 1. The van der Waals surface area contributed by atoms with Gasteiger partial charge in [-0.3, -0.25) is 0 Å². The Labute approximate surface area is 115 Å². The zero-order chi connectivity index (χ0) is 12.5. The van der Waals surface area contributed by atoms with Gasteiger partial charge in [0.25, 0.3) is 0 Å². The van der Waals surface area contributed by atoms with Crippen LogP contribution in [0.15, 0.2) is 30.3 Å². The molecule has 0 N–H and O–H groups in total. The Morgan fingerprint density at radius 1 is 1.00 bits per heavy atom. The molecule has 0 atom stereocenters. The van der Waals surface area contributed by atoms with Crippen molar-refractivity contribution in [3.05, 3.63) is 30.3 Å². The summed E-state index contributed by atoms with van der Waals surface area (Å²) in [7, 11) is 0. The van der Waals surface area contributed by atoms with E-state index in [1.807, 2.05) is 30.3 Å². The lowest BCUT2D eigenvalue weighted by Crippen LogP contribution is -2.09. The highest BCUT2D eigenvalue weighted by Crippen LogP contribution is 2.28. The molecule has 0 bridgehead atoms. The van der Waals surface area contributed by atoms with Crippen molar-refractivity contribution in [1.82, 2.24) is 0 Å². The molecule has 1 fully saturated rings. The molecular weight excluding hydrogens is 240 g/mol. The molecule has 0 aromatic heterocycles. The Kier molecular flexibility index (Phi) is 6.49. The Bertz CT molecular complexity index is 306. The maximum Gasteiger partial charge on any atom is 0.119 e. The van der Waals surface area contributed by atoms with Gasteiger partial charge in [-0.1, -0.05) is 37.5 Å². The first-order chi connectivity index (χ1) is 8.95. The largest absolute Gasteiger partial charge is 0.494 e. The molecule has 1 aliphatic rings. The molecule has 1 saturated carbocycles. The van der Waals surface area contributed by atoms with Crippen molar-refractivity contribution in [3.8, 4) is 5.75 Å². The van der Waals surface area contributed by atoms with Gasteiger partial charge in [-0.2, -0.15) is 11.8 Å². The number of hydrogen-bond acceptors (Lipinski definition) is 2. The van der Waals surface area contributed by atoms with E-state index in [4.69, 9.17) is 4.74 Å². The average molecular weight is 264 g/mol. The summed E-state index contributed by atoms with van der Waals surface area (Å²) in [6.07, 6.45) is 9.73. The van der Waals surface area contributed by atoms with Crippen LogP contribution in [0.2, 0.25) is 0 Å². The van der Waals surface area contributed by atoms with Gasteiger partial charge in [0, 0.05) is 5.25 Å². The van der Waals surface area contributed by atoms with Crippen LogP contribution in [0.3, 0.4) is 0 Å². The maximum atomic E-state index is 5.69. The number of rotatable bonds is 7. The van der Waals surface area contributed by atoms with Crippen LogP contribution in [0.5, 0.6) is 5.75 Å². The van der Waals surface area contributed by atoms with Gasteiger partial charge < -0.3 is 4.74 Å². The first-order valence-corrected chi connectivity index (χ1v) is 8.29. The first-order valence-electron chi connectivity index (χ1n) is 7.24. The van der Waals surface area contributed by atoms with Gasteiger partial charge in [0.1, 0.15) is 5.75 Å². The van der Waals surface area contributed by atoms with Crippen molar-refractivity contribution < 1.29 is 4.74 Å². The minimum Gasteiger partial charge on any atom is -0.494 e. The van der Waals surface area contributed by atoms with Crippen LogP contribution in [-0.4, -0.2) is 17.6 Å². The molecule has 0 saturated heterocycles. The minimum absolute atomic E-state index is 0.856. The molecule has 2 heteroatoms. The number of ether oxygens (including phenoxy) is 1. The van der Waals surface area contributed by atoms with Gasteiger partial charge in [0.05, 0.1) is 6.61 Å². The Morgan fingerprint density at radius 3 is 2.56 bits per heavy atom. The van der Waals surface area contributed by atoms with Crippen molar-refractivity contribution in [2.24, 2.45) is 0 Å². The molecule has 0 radical (unpaired) electrons. The summed E-state index contributed by atoms with van der Waals surface area (Å²) in [5.41, 5.74) is 0. The predicted molar refractivity (Wildman–Crippen MR) is 80.5 cm³/mol. The monoisotopic (exact) mass is 264 g/mol. The number of para-hydroxylation sites is 1. The second kappa shape index (κ2) is 8.47. The highest BCUT2D eigenvalue weighted by atomic mass is 32.2. The molecule has 2 rings (SSSR count). The van der Waals surface area contributed by atoms with E-state index in [2.05, 4.69) is 11.8 Å². The molecule has 0 unspecified atom stereocenters. The fraction of sp³-hybridized carbons (Fsp3) is 0.625. The summed E-state index contributed by atoms with van der Waals surface area (Å²) in [5, 5.41) is 0.953. The third kappa shape index (κ3) is 5.34. The first kappa shape index (κ1) is 13.8. The lowest BCUT2D eigenvalue weighted by Gasteiger charge is -2.20. The summed E-state index contributed by atoms with van der Waals surface area (Å²) in [5.74, 6) is 2.31. The highest BCUT2D eigenvalue weighted by molar-refractivity contribution is 7.99. The SMILES string of the molecule is c1ccc(OCCCCSC2CCCCC2)cc1. The number of thioether (sulfide) groups is 1. The van der Waals surface area contributed by atoms with Crippen LogP contribution >= 0.6 is 11.8 Å². The van der Waals surface area contributed by atoms with Gasteiger partial charge in [-0.05, 0) is 43.6 Å². The van der Waals surface area contributed by atoms with E-state index >= 15 is 0 Å². The predicted octanol–water partition coefficient (Wildman–Crippen LogP) is 4.91. The smallest absolute Gasteiger partial charge is 0.119 e. The molecule has 0 heterocycles. The van der Waals surface area contributed by atoms with Gasteiger partial charge in [-0.15, -0.1) is 0 Å². The van der Waals surface area contributed by atoms with E-state index in [-0.39, 0.29) is 0 Å². The quantitative estimate of drug-likeness (QED) is 0.647. The average Bonchev–Trinajstić information content (AvgIpc) is 2.45. The van der Waals surface area contributed by atoms with E-state index in [0.29, 0.717) is 0 Å². The molecule has 1 nitrogen and oxygen atoms in total. The van der Waals surface area contributed by atoms with E-state index in [1.54, 1.807) is 0 Å². The molecule has 1 aromatic rings. The molecule has 18 heavy (non-hydrogen) atoms. The van der Waals surface area contributed by atoms with Crippen molar-refractivity contribution in [1.29, 1.82) is 0 Å². The topological polar surface area (TPSA) is 9.23 Å². The van der Waals surface area contributed by atoms with Crippen LogP contribution in [-0.2, 0) is 0 Å². The normalized spacial score (nSPS) is 16.7. The third-order valence-electron chi connectivity index (χ3n) is 3.46. The van der Waals surface area contributed by atoms with E-state index < -0.39 is 0 Å². The van der Waals surface area contributed by atoms with Gasteiger partial charge in [-0.25, -0.2) is 0 Å². The summed E-state index contributed by atoms with van der Waals surface area (Å²) >= 11 is 2.19. The fourth-order valence-electron chi connectivity index (χ4n) is 2.39. The summed E-state index contributed by atoms with van der Waals surface area (Å²) in [4.78, 5) is 0. The Balaban J connectivity index is 1.46. The third-order valence-corrected chi connectivity index (χ3v) is 4.92. The second-order valence-electron chi connectivity index (χ2n) is 5.00. The lowest BCUT2D eigenvalue weighted by molar-refractivity contribution is 0.310. The van der Waals surface area contributed by atoms with Crippen LogP contribution in [0, 0.1) is 0 Å². The zero-order valence-corrected chi connectivity index (χ0v) is 12.0. The van der Waals surface area contributed by atoms with Crippen molar-refractivity contribution in [2.75, 3.05) is 12.4 Å². The van der Waals surface area contributed by atoms with Crippen molar-refractivity contribution in [3.63, 3.8) is 0 Å². The molecule has 100 valence electrons. The van der Waals surface area contributed by atoms with E-state index in [9.17, 15) is 0 Å². The van der Waals surface area contributed by atoms with Crippen LogP contribution in [0.25, 0.3) is 0 Å². The van der Waals surface area contributed by atoms with E-state index in [0.717, 1.165) is 17.6 Å². The van der Waals surface area contributed by atoms with Gasteiger partial charge in [0.2, 0.25) is 0 Å². The number of hydrogen-bond donors (Lipinski definition) is 0. The molecule has 1 aliphatic carbocycles. The maximum absolute atomic E-state index is 5.69. The zero-order valence-electron chi connectivity index (χ0n) is 11.1. The lowest BCUT2D eigenvalue weighted by atomic mass is 10.0. The van der Waals surface area contributed by atoms with Crippen molar-refractivity contribution >= 4 is 11.8 Å². The van der Waals surface area contributed by atoms with Crippen LogP contribution in [0.4, 0.5) is 0 Å². The number of unbranched alkanes of at least 4 members (excludes halogenated alkanes) is 1. The van der Waals surface area contributed by atoms with Crippen molar-refractivity contribution in [2.45, 2.75) is 50.2 Å². The van der Waals surface area contributed by atoms with Gasteiger partial charge >= 0.3 is 0 Å². The molecule has 0 amide bonds. The second-order valence-corrected chi connectivity index (χ2v) is 6.41. The molecule has 0 spiro atoms. The molecule has 0 aliphatic heterocycles. The fourth-order valence-corrected chi connectivity index (χ4v) is 3.76. The standard InChI is InChI=1S/C16H24OS/c1-3-9-15(10-4-1)17-13-7-8-14-18-16-11-5-2-6-12-16/h1,3-4,9-10,16H,2,5-8,11-14H2. The van der Waals surface area contributed by atoms with Crippen LogP contribution in [0.1, 0.15) is 44.9 Å².